The predicted molar refractivity (Wildman–Crippen MR) is 115 cm³/mol. The molecule has 0 unspecified atom stereocenters. The van der Waals surface area contributed by atoms with Crippen LogP contribution in [0.2, 0.25) is 0 Å². The number of nitrogens with one attached hydrogen (secondary N) is 1. The third-order valence-corrected chi connectivity index (χ3v) is 8.15. The van der Waals surface area contributed by atoms with Crippen LogP contribution in [0, 0.1) is 23.7 Å². The first kappa shape index (κ1) is 19.6. The van der Waals surface area contributed by atoms with Gasteiger partial charge >= 0.3 is 0 Å². The number of piperidine rings is 1. The van der Waals surface area contributed by atoms with E-state index >= 15 is 0 Å². The van der Waals surface area contributed by atoms with Gasteiger partial charge in [0.2, 0.25) is 17.7 Å². The highest BCUT2D eigenvalue weighted by Crippen LogP contribution is 2.56. The minimum absolute atomic E-state index is 0.109. The number of H-pyrrole nitrogens is 1. The van der Waals surface area contributed by atoms with Crippen LogP contribution < -0.4 is 0 Å². The number of rotatable bonds is 4. The number of hydrogen-bond donors (Lipinski definition) is 1. The molecule has 2 aromatic heterocycles. The van der Waals surface area contributed by atoms with Gasteiger partial charge in [0, 0.05) is 42.7 Å². The van der Waals surface area contributed by atoms with Crippen molar-refractivity contribution in [2.45, 2.75) is 38.0 Å². The Hall–Kier alpha value is -3.03. The molecular weight excluding hydrogens is 406 g/mol. The number of carbonyl (C=O) groups excluding carboxylic acids is 3. The molecule has 2 saturated heterocycles. The van der Waals surface area contributed by atoms with Crippen LogP contribution in [-0.4, -0.2) is 62.3 Å². The van der Waals surface area contributed by atoms with Crippen molar-refractivity contribution in [3.05, 3.63) is 36.4 Å². The van der Waals surface area contributed by atoms with Crippen LogP contribution in [-0.2, 0) is 14.4 Å². The van der Waals surface area contributed by atoms with Gasteiger partial charge in [-0.25, -0.2) is 0 Å². The van der Waals surface area contributed by atoms with E-state index in [0.717, 1.165) is 48.9 Å². The van der Waals surface area contributed by atoms with E-state index in [1.54, 1.807) is 12.4 Å². The SMILES string of the molecule is O=C(CN1C(=O)[C@H]2[C@@H]3CC[C@@H](C3)[C@@H]2C1=O)N1CCC[C@H](c2[nH]ncc2-c2ccncc2)C1. The molecular formula is C24H27N5O3. The zero-order valence-corrected chi connectivity index (χ0v) is 17.9. The van der Waals surface area contributed by atoms with Gasteiger partial charge in [-0.05, 0) is 61.6 Å². The topological polar surface area (TPSA) is 99.3 Å². The molecule has 4 heterocycles. The minimum Gasteiger partial charge on any atom is -0.340 e. The summed E-state index contributed by atoms with van der Waals surface area (Å²) in [7, 11) is 0. The lowest BCUT2D eigenvalue weighted by Gasteiger charge is -2.33. The fourth-order valence-corrected chi connectivity index (χ4v) is 6.67. The van der Waals surface area contributed by atoms with Gasteiger partial charge in [0.1, 0.15) is 6.54 Å². The van der Waals surface area contributed by atoms with E-state index in [2.05, 4.69) is 15.2 Å². The van der Waals surface area contributed by atoms with Crippen molar-refractivity contribution < 1.29 is 14.4 Å². The highest BCUT2D eigenvalue weighted by atomic mass is 16.2. The van der Waals surface area contributed by atoms with E-state index < -0.39 is 0 Å². The minimum atomic E-state index is -0.170. The van der Waals surface area contributed by atoms with Gasteiger partial charge in [-0.1, -0.05) is 0 Å². The van der Waals surface area contributed by atoms with Gasteiger partial charge in [0.05, 0.1) is 18.0 Å². The van der Waals surface area contributed by atoms with Crippen molar-refractivity contribution in [3.63, 3.8) is 0 Å². The molecule has 2 saturated carbocycles. The second-order valence-corrected chi connectivity index (χ2v) is 9.76. The summed E-state index contributed by atoms with van der Waals surface area (Å²) in [5.41, 5.74) is 3.09. The lowest BCUT2D eigenvalue weighted by molar-refractivity contribution is -0.147. The summed E-state index contributed by atoms with van der Waals surface area (Å²) in [6.45, 7) is 1.10. The van der Waals surface area contributed by atoms with Crippen molar-refractivity contribution in [2.24, 2.45) is 23.7 Å². The Morgan fingerprint density at radius 2 is 1.78 bits per heavy atom. The predicted octanol–water partition coefficient (Wildman–Crippen LogP) is 2.21. The van der Waals surface area contributed by atoms with E-state index in [1.807, 2.05) is 23.2 Å². The van der Waals surface area contributed by atoms with Crippen molar-refractivity contribution in [1.29, 1.82) is 0 Å². The van der Waals surface area contributed by atoms with Crippen molar-refractivity contribution >= 4 is 17.7 Å². The summed E-state index contributed by atoms with van der Waals surface area (Å²) in [5, 5.41) is 7.39. The molecule has 0 aromatic carbocycles. The molecule has 4 fully saturated rings. The maximum atomic E-state index is 13.2. The van der Waals surface area contributed by atoms with Crippen LogP contribution in [0.15, 0.2) is 30.7 Å². The van der Waals surface area contributed by atoms with Crippen LogP contribution in [0.3, 0.4) is 0 Å². The molecule has 166 valence electrons. The third kappa shape index (κ3) is 2.99. The maximum absolute atomic E-state index is 13.2. The Kier molecular flexibility index (Phi) is 4.62. The summed E-state index contributed by atoms with van der Waals surface area (Å²) in [4.78, 5) is 46.3. The van der Waals surface area contributed by atoms with Crippen molar-refractivity contribution in [3.8, 4) is 11.1 Å². The smallest absolute Gasteiger partial charge is 0.242 e. The average Bonchev–Trinajstić information content (AvgIpc) is 3.61. The molecule has 4 aliphatic rings. The third-order valence-electron chi connectivity index (χ3n) is 8.15. The first-order valence-electron chi connectivity index (χ1n) is 11.7. The molecule has 0 radical (unpaired) electrons. The average molecular weight is 434 g/mol. The number of hydrogen-bond acceptors (Lipinski definition) is 5. The second-order valence-electron chi connectivity index (χ2n) is 9.76. The quantitative estimate of drug-likeness (QED) is 0.746. The molecule has 2 aromatic rings. The van der Waals surface area contributed by atoms with Crippen LogP contribution >= 0.6 is 0 Å². The van der Waals surface area contributed by atoms with Crippen molar-refractivity contribution in [1.82, 2.24) is 25.0 Å². The van der Waals surface area contributed by atoms with Crippen LogP contribution in [0.1, 0.15) is 43.7 Å². The zero-order chi connectivity index (χ0) is 21.8. The molecule has 0 spiro atoms. The Morgan fingerprint density at radius 1 is 1.06 bits per heavy atom. The normalized spacial score (nSPS) is 31.4. The summed E-state index contributed by atoms with van der Waals surface area (Å²) < 4.78 is 0. The number of aromatic amines is 1. The molecule has 8 nitrogen and oxygen atoms in total. The Bertz CT molecular complexity index is 1040. The number of amides is 3. The van der Waals surface area contributed by atoms with Gasteiger partial charge < -0.3 is 4.90 Å². The fourth-order valence-electron chi connectivity index (χ4n) is 6.67. The van der Waals surface area contributed by atoms with Gasteiger partial charge in [0.15, 0.2) is 0 Å². The largest absolute Gasteiger partial charge is 0.340 e. The maximum Gasteiger partial charge on any atom is 0.242 e. The van der Waals surface area contributed by atoms with E-state index in [4.69, 9.17) is 0 Å². The fraction of sp³-hybridized carbons (Fsp3) is 0.542. The Balaban J connectivity index is 1.16. The number of aromatic nitrogens is 3. The molecule has 8 heteroatoms. The number of imide groups is 1. The highest BCUT2D eigenvalue weighted by molar-refractivity contribution is 6.08. The molecule has 2 bridgehead atoms. The van der Waals surface area contributed by atoms with E-state index in [1.165, 1.54) is 4.90 Å². The first-order valence-corrected chi connectivity index (χ1v) is 11.7. The van der Waals surface area contributed by atoms with E-state index in [-0.39, 0.29) is 42.0 Å². The van der Waals surface area contributed by atoms with Crippen LogP contribution in [0.5, 0.6) is 0 Å². The molecule has 2 aliphatic heterocycles. The first-order chi connectivity index (χ1) is 15.6. The van der Waals surface area contributed by atoms with Crippen molar-refractivity contribution in [2.75, 3.05) is 19.6 Å². The summed E-state index contributed by atoms with van der Waals surface area (Å²) >= 11 is 0. The molecule has 5 atom stereocenters. The van der Waals surface area contributed by atoms with Gasteiger partial charge in [-0.15, -0.1) is 0 Å². The monoisotopic (exact) mass is 433 g/mol. The van der Waals surface area contributed by atoms with Gasteiger partial charge in [-0.2, -0.15) is 5.10 Å². The second kappa shape index (κ2) is 7.53. The molecule has 32 heavy (non-hydrogen) atoms. The van der Waals surface area contributed by atoms with Gasteiger partial charge in [0.25, 0.3) is 0 Å². The molecule has 2 aliphatic carbocycles. The summed E-state index contributed by atoms with van der Waals surface area (Å²) in [5.74, 6) is 0.130. The molecule has 1 N–H and O–H groups in total. The number of nitrogens with zero attached hydrogens (tertiary/aromatic N) is 4. The summed E-state index contributed by atoms with van der Waals surface area (Å²) in [6.07, 6.45) is 10.3. The standard InChI is InChI=1S/C24H27N5O3/c30-19(13-29-23(31)20-15-3-4-16(10-15)21(20)24(29)32)28-9-1-2-17(12-28)22-18(11-26-27-22)14-5-7-25-8-6-14/h5-8,11,15-17,20-21H,1-4,9-10,12-13H2,(H,26,27)/t15-,16+,17-,20-,21-/m0/s1. The highest BCUT2D eigenvalue weighted by Gasteiger charge is 2.61. The number of likely N-dealkylation sites (tertiary alicyclic amines) is 2. The molecule has 3 amide bonds. The Labute approximate surface area is 186 Å². The Morgan fingerprint density at radius 3 is 2.50 bits per heavy atom. The lowest BCUT2D eigenvalue weighted by atomic mass is 9.81. The van der Waals surface area contributed by atoms with E-state index in [9.17, 15) is 14.4 Å². The number of pyridine rings is 1. The summed E-state index contributed by atoms with van der Waals surface area (Å²) in [6, 6.07) is 3.91. The van der Waals surface area contributed by atoms with Crippen LogP contribution in [0.4, 0.5) is 0 Å². The van der Waals surface area contributed by atoms with Crippen LogP contribution in [0.25, 0.3) is 11.1 Å². The van der Waals surface area contributed by atoms with Gasteiger partial charge in [-0.3, -0.25) is 29.4 Å². The zero-order valence-electron chi connectivity index (χ0n) is 17.9. The van der Waals surface area contributed by atoms with E-state index in [0.29, 0.717) is 24.9 Å². The number of carbonyl (C=O) groups is 3. The number of fused-ring (bicyclic) bond motifs is 5. The molecule has 6 rings (SSSR count). The lowest BCUT2D eigenvalue weighted by Crippen LogP contribution is -2.46.